The summed E-state index contributed by atoms with van der Waals surface area (Å²) >= 11 is 0. The van der Waals surface area contributed by atoms with Gasteiger partial charge in [-0.25, -0.2) is 0 Å². The van der Waals surface area contributed by atoms with Crippen molar-refractivity contribution in [3.8, 4) is 6.07 Å². The molecule has 0 spiro atoms. The van der Waals surface area contributed by atoms with Crippen molar-refractivity contribution in [2.45, 2.75) is 25.8 Å². The molecule has 1 saturated heterocycles. The van der Waals surface area contributed by atoms with Gasteiger partial charge in [-0.1, -0.05) is 6.07 Å². The van der Waals surface area contributed by atoms with E-state index in [9.17, 15) is 0 Å². The molecule has 0 saturated carbocycles. The summed E-state index contributed by atoms with van der Waals surface area (Å²) in [5.74, 6) is 0.552. The highest BCUT2D eigenvalue weighted by Gasteiger charge is 2.37. The van der Waals surface area contributed by atoms with E-state index in [1.165, 1.54) is 0 Å². The van der Waals surface area contributed by atoms with Gasteiger partial charge in [-0.05, 0) is 50.9 Å². The highest BCUT2D eigenvalue weighted by atomic mass is 15.2. The molecule has 1 unspecified atom stereocenters. The molecule has 2 rings (SSSR count). The molecule has 1 heterocycles. The van der Waals surface area contributed by atoms with Crippen LogP contribution in [0.15, 0.2) is 24.3 Å². The predicted octanol–water partition coefficient (Wildman–Crippen LogP) is 2.12. The maximum Gasteiger partial charge on any atom is 0.0992 e. The van der Waals surface area contributed by atoms with E-state index in [2.05, 4.69) is 30.9 Å². The second-order valence-corrected chi connectivity index (χ2v) is 5.39. The average Bonchev–Trinajstić information content (AvgIpc) is 2.64. The fraction of sp³-hybridized carbons (Fsp3) is 0.500. The minimum absolute atomic E-state index is 0.123. The third-order valence-electron chi connectivity index (χ3n) is 3.58. The minimum Gasteiger partial charge on any atom is -0.366 e. The first kappa shape index (κ1) is 11.9. The van der Waals surface area contributed by atoms with E-state index in [-0.39, 0.29) is 5.54 Å². The fourth-order valence-corrected chi connectivity index (χ4v) is 2.74. The summed E-state index contributed by atoms with van der Waals surface area (Å²) in [5.41, 5.74) is 7.74. The molecule has 1 aliphatic rings. The lowest BCUT2D eigenvalue weighted by molar-refractivity contribution is 0.476. The highest BCUT2D eigenvalue weighted by Crippen LogP contribution is 2.36. The molecule has 17 heavy (non-hydrogen) atoms. The van der Waals surface area contributed by atoms with E-state index in [0.29, 0.717) is 5.92 Å². The smallest absolute Gasteiger partial charge is 0.0992 e. The first-order valence-corrected chi connectivity index (χ1v) is 6.04. The molecule has 0 radical (unpaired) electrons. The third-order valence-corrected chi connectivity index (χ3v) is 3.58. The summed E-state index contributed by atoms with van der Waals surface area (Å²) in [6, 6.07) is 10.0. The summed E-state index contributed by atoms with van der Waals surface area (Å²) in [6.07, 6.45) is 1.11. The largest absolute Gasteiger partial charge is 0.366 e. The van der Waals surface area contributed by atoms with Crippen molar-refractivity contribution in [3.05, 3.63) is 29.8 Å². The van der Waals surface area contributed by atoms with Crippen LogP contribution in [0.3, 0.4) is 0 Å². The normalized spacial score (nSPS) is 22.5. The zero-order valence-corrected chi connectivity index (χ0v) is 10.5. The average molecular weight is 229 g/mol. The minimum atomic E-state index is 0.123. The Morgan fingerprint density at radius 2 is 2.29 bits per heavy atom. The molecule has 0 aliphatic carbocycles. The molecule has 3 heteroatoms. The van der Waals surface area contributed by atoms with Crippen LogP contribution in [0.2, 0.25) is 0 Å². The van der Waals surface area contributed by atoms with Crippen molar-refractivity contribution in [3.63, 3.8) is 0 Å². The number of hydrogen-bond donors (Lipinski definition) is 1. The van der Waals surface area contributed by atoms with Gasteiger partial charge >= 0.3 is 0 Å². The topological polar surface area (TPSA) is 53.0 Å². The van der Waals surface area contributed by atoms with Crippen LogP contribution in [0.4, 0.5) is 5.69 Å². The number of anilines is 1. The van der Waals surface area contributed by atoms with Gasteiger partial charge in [-0.15, -0.1) is 0 Å². The molecule has 1 fully saturated rings. The molecular weight excluding hydrogens is 210 g/mol. The van der Waals surface area contributed by atoms with Crippen molar-refractivity contribution in [2.75, 3.05) is 18.0 Å². The summed E-state index contributed by atoms with van der Waals surface area (Å²) in [6.45, 7) is 6.19. The quantitative estimate of drug-likeness (QED) is 0.845. The van der Waals surface area contributed by atoms with Crippen molar-refractivity contribution in [2.24, 2.45) is 11.7 Å². The van der Waals surface area contributed by atoms with Crippen molar-refractivity contribution in [1.82, 2.24) is 0 Å². The molecule has 1 aromatic carbocycles. The SMILES string of the molecule is CC1(C)CC(CN)CN1c1cccc(C#N)c1. The summed E-state index contributed by atoms with van der Waals surface area (Å²) < 4.78 is 0. The Kier molecular flexibility index (Phi) is 3.08. The molecule has 1 atom stereocenters. The van der Waals surface area contributed by atoms with Crippen molar-refractivity contribution in [1.29, 1.82) is 5.26 Å². The third kappa shape index (κ3) is 2.27. The first-order valence-electron chi connectivity index (χ1n) is 6.04. The van der Waals surface area contributed by atoms with Crippen LogP contribution in [0.5, 0.6) is 0 Å². The van der Waals surface area contributed by atoms with E-state index in [1.807, 2.05) is 18.2 Å². The van der Waals surface area contributed by atoms with E-state index in [0.717, 1.165) is 30.8 Å². The number of nitrogens with two attached hydrogens (primary N) is 1. The highest BCUT2D eigenvalue weighted by molar-refractivity contribution is 5.54. The van der Waals surface area contributed by atoms with Crippen LogP contribution >= 0.6 is 0 Å². The number of nitrogens with zero attached hydrogens (tertiary/aromatic N) is 2. The number of hydrogen-bond acceptors (Lipinski definition) is 3. The molecule has 0 aromatic heterocycles. The summed E-state index contributed by atoms with van der Waals surface area (Å²) in [5, 5.41) is 8.94. The Labute approximate surface area is 103 Å². The molecule has 1 aromatic rings. The maximum atomic E-state index is 8.94. The number of nitriles is 1. The molecular formula is C14H19N3. The molecule has 2 N–H and O–H groups in total. The zero-order valence-electron chi connectivity index (χ0n) is 10.5. The lowest BCUT2D eigenvalue weighted by Gasteiger charge is -2.33. The molecule has 3 nitrogen and oxygen atoms in total. The van der Waals surface area contributed by atoms with Gasteiger partial charge in [0.15, 0.2) is 0 Å². The lowest BCUT2D eigenvalue weighted by Crippen LogP contribution is -2.38. The number of benzene rings is 1. The molecule has 1 aliphatic heterocycles. The van der Waals surface area contributed by atoms with Crippen LogP contribution in [0.1, 0.15) is 25.8 Å². The van der Waals surface area contributed by atoms with Crippen LogP contribution in [0.25, 0.3) is 0 Å². The zero-order chi connectivity index (χ0) is 12.5. The van der Waals surface area contributed by atoms with E-state index in [1.54, 1.807) is 0 Å². The summed E-state index contributed by atoms with van der Waals surface area (Å²) in [4.78, 5) is 2.37. The molecule has 0 amide bonds. The fourth-order valence-electron chi connectivity index (χ4n) is 2.74. The van der Waals surface area contributed by atoms with Gasteiger partial charge in [-0.3, -0.25) is 0 Å². The maximum absolute atomic E-state index is 8.94. The first-order chi connectivity index (χ1) is 8.06. The van der Waals surface area contributed by atoms with Crippen LogP contribution < -0.4 is 10.6 Å². The standard InChI is InChI=1S/C14H19N3/c1-14(2)7-12(9-16)10-17(14)13-5-3-4-11(6-13)8-15/h3-6,12H,7,9-10,16H2,1-2H3. The Morgan fingerprint density at radius 3 is 2.88 bits per heavy atom. The molecule has 0 bridgehead atoms. The second-order valence-electron chi connectivity index (χ2n) is 5.39. The van der Waals surface area contributed by atoms with Gasteiger partial charge in [-0.2, -0.15) is 5.26 Å². The Hall–Kier alpha value is -1.53. The van der Waals surface area contributed by atoms with Gasteiger partial charge in [0.05, 0.1) is 11.6 Å². The van der Waals surface area contributed by atoms with Crippen LogP contribution in [-0.2, 0) is 0 Å². The predicted molar refractivity (Wildman–Crippen MR) is 69.7 cm³/mol. The van der Waals surface area contributed by atoms with Gasteiger partial charge in [0.1, 0.15) is 0 Å². The molecule has 90 valence electrons. The Bertz CT molecular complexity index is 445. The van der Waals surface area contributed by atoms with E-state index < -0.39 is 0 Å². The van der Waals surface area contributed by atoms with E-state index >= 15 is 0 Å². The van der Waals surface area contributed by atoms with Gasteiger partial charge in [0.25, 0.3) is 0 Å². The number of rotatable bonds is 2. The monoisotopic (exact) mass is 229 g/mol. The summed E-state index contributed by atoms with van der Waals surface area (Å²) in [7, 11) is 0. The second kappa shape index (κ2) is 4.38. The Morgan fingerprint density at radius 1 is 1.53 bits per heavy atom. The van der Waals surface area contributed by atoms with Gasteiger partial charge in [0, 0.05) is 17.8 Å². The van der Waals surface area contributed by atoms with Crippen molar-refractivity contribution < 1.29 is 0 Å². The Balaban J connectivity index is 2.30. The van der Waals surface area contributed by atoms with E-state index in [4.69, 9.17) is 11.0 Å². The van der Waals surface area contributed by atoms with Gasteiger partial charge in [0.2, 0.25) is 0 Å². The lowest BCUT2D eigenvalue weighted by atomic mass is 9.96. The van der Waals surface area contributed by atoms with Crippen molar-refractivity contribution >= 4 is 5.69 Å². The van der Waals surface area contributed by atoms with Crippen LogP contribution in [0, 0.1) is 17.2 Å². The van der Waals surface area contributed by atoms with Gasteiger partial charge < -0.3 is 10.6 Å². The van der Waals surface area contributed by atoms with Crippen LogP contribution in [-0.4, -0.2) is 18.6 Å².